The normalized spacial score (nSPS) is 13.5. The average Bonchev–Trinajstić information content (AvgIpc) is 3.25. The van der Waals surface area contributed by atoms with Gasteiger partial charge in [-0.2, -0.15) is 5.10 Å². The molecule has 0 radical (unpaired) electrons. The van der Waals surface area contributed by atoms with Gasteiger partial charge in [-0.15, -0.1) is 11.3 Å². The summed E-state index contributed by atoms with van der Waals surface area (Å²) in [5.74, 6) is 0.419. The van der Waals surface area contributed by atoms with Crippen molar-refractivity contribution in [3.05, 3.63) is 52.2 Å². The predicted molar refractivity (Wildman–Crippen MR) is 94.2 cm³/mol. The summed E-state index contributed by atoms with van der Waals surface area (Å²) in [5, 5.41) is 15.5. The van der Waals surface area contributed by atoms with E-state index in [1.54, 1.807) is 23.6 Å². The van der Waals surface area contributed by atoms with Crippen LogP contribution in [-0.4, -0.2) is 27.6 Å². The van der Waals surface area contributed by atoms with Crippen LogP contribution >= 0.6 is 11.3 Å². The second kappa shape index (κ2) is 6.18. The molecule has 0 bridgehead atoms. The number of H-pyrrole nitrogens is 1. The van der Waals surface area contributed by atoms with Gasteiger partial charge in [-0.05, 0) is 24.4 Å². The van der Waals surface area contributed by atoms with E-state index < -0.39 is 0 Å². The van der Waals surface area contributed by atoms with E-state index in [9.17, 15) is 4.79 Å². The smallest absolute Gasteiger partial charge is 0.257 e. The molecule has 3 N–H and O–H groups in total. The van der Waals surface area contributed by atoms with E-state index >= 15 is 0 Å². The lowest BCUT2D eigenvalue weighted by Crippen LogP contribution is -2.28. The van der Waals surface area contributed by atoms with Crippen LogP contribution in [0.5, 0.6) is 0 Å². The molecule has 4 rings (SSSR count). The average molecular weight is 339 g/mol. The molecule has 0 atom stereocenters. The van der Waals surface area contributed by atoms with Crippen LogP contribution in [0.3, 0.4) is 0 Å². The maximum atomic E-state index is 12.7. The molecule has 1 aliphatic heterocycles. The Bertz CT molecular complexity index is 885. The summed E-state index contributed by atoms with van der Waals surface area (Å²) < 4.78 is 0. The molecule has 7 heteroatoms. The van der Waals surface area contributed by atoms with Crippen molar-refractivity contribution in [2.45, 2.75) is 19.9 Å². The molecule has 0 spiro atoms. The molecular formula is C17H17N5OS. The number of aromatic nitrogens is 3. The van der Waals surface area contributed by atoms with E-state index in [1.807, 2.05) is 24.4 Å². The van der Waals surface area contributed by atoms with Crippen LogP contribution in [0.25, 0.3) is 10.6 Å². The van der Waals surface area contributed by atoms with E-state index in [1.165, 1.54) is 0 Å². The van der Waals surface area contributed by atoms with Crippen LogP contribution < -0.4 is 10.6 Å². The first-order chi connectivity index (χ1) is 11.7. The number of amides is 1. The highest BCUT2D eigenvalue weighted by Crippen LogP contribution is 2.29. The largest absolute Gasteiger partial charge is 0.312 e. The standard InChI is InChI=1S/C17H17N5OS/c1-10-15(14-3-2-8-24-14)21-22-16(10)20-17(23)11-4-7-19-13-5-6-18-9-12(11)13/h2-4,7-8,18H,5-6,9H2,1H3,(H2,20,21,22,23). The number of fused-ring (bicyclic) bond motifs is 1. The van der Waals surface area contributed by atoms with E-state index in [2.05, 4.69) is 25.8 Å². The molecule has 1 amide bonds. The summed E-state index contributed by atoms with van der Waals surface area (Å²) >= 11 is 1.64. The molecular weight excluding hydrogens is 322 g/mol. The third-order valence-electron chi connectivity index (χ3n) is 4.24. The number of rotatable bonds is 3. The quantitative estimate of drug-likeness (QED) is 0.685. The van der Waals surface area contributed by atoms with Gasteiger partial charge in [0.1, 0.15) is 0 Å². The van der Waals surface area contributed by atoms with Gasteiger partial charge in [0.15, 0.2) is 5.82 Å². The van der Waals surface area contributed by atoms with Gasteiger partial charge >= 0.3 is 0 Å². The van der Waals surface area contributed by atoms with Crippen molar-refractivity contribution in [3.63, 3.8) is 0 Å². The van der Waals surface area contributed by atoms with Crippen molar-refractivity contribution in [1.29, 1.82) is 0 Å². The van der Waals surface area contributed by atoms with Gasteiger partial charge in [0, 0.05) is 48.1 Å². The van der Waals surface area contributed by atoms with Crippen LogP contribution in [0.2, 0.25) is 0 Å². The highest BCUT2D eigenvalue weighted by atomic mass is 32.1. The highest BCUT2D eigenvalue weighted by molar-refractivity contribution is 7.13. The third kappa shape index (κ3) is 2.61. The number of hydrogen-bond donors (Lipinski definition) is 3. The van der Waals surface area contributed by atoms with Gasteiger partial charge in [0.05, 0.1) is 10.6 Å². The summed E-state index contributed by atoms with van der Waals surface area (Å²) in [6.07, 6.45) is 2.55. The number of pyridine rings is 1. The molecule has 6 nitrogen and oxygen atoms in total. The Morgan fingerprint density at radius 3 is 3.12 bits per heavy atom. The Balaban J connectivity index is 1.62. The summed E-state index contributed by atoms with van der Waals surface area (Å²) in [6.45, 7) is 3.53. The van der Waals surface area contributed by atoms with E-state index in [4.69, 9.17) is 0 Å². The fourth-order valence-electron chi connectivity index (χ4n) is 2.94. The first-order valence-corrected chi connectivity index (χ1v) is 8.69. The molecule has 24 heavy (non-hydrogen) atoms. The van der Waals surface area contributed by atoms with Crippen molar-refractivity contribution in [2.24, 2.45) is 0 Å². The maximum Gasteiger partial charge on any atom is 0.257 e. The Morgan fingerprint density at radius 1 is 1.38 bits per heavy atom. The lowest BCUT2D eigenvalue weighted by Gasteiger charge is -2.18. The fourth-order valence-corrected chi connectivity index (χ4v) is 3.71. The number of carbonyl (C=O) groups excluding carboxylic acids is 1. The number of anilines is 1. The Kier molecular flexibility index (Phi) is 3.87. The predicted octanol–water partition coefficient (Wildman–Crippen LogP) is 2.74. The molecule has 0 unspecified atom stereocenters. The van der Waals surface area contributed by atoms with Crippen molar-refractivity contribution in [2.75, 3.05) is 11.9 Å². The SMILES string of the molecule is Cc1c(NC(=O)c2ccnc3c2CNCC3)n[nH]c1-c1cccs1. The van der Waals surface area contributed by atoms with E-state index in [0.717, 1.165) is 40.4 Å². The first kappa shape index (κ1) is 15.0. The summed E-state index contributed by atoms with van der Waals surface area (Å²) in [4.78, 5) is 18.2. The van der Waals surface area contributed by atoms with Crippen LogP contribution in [-0.2, 0) is 13.0 Å². The van der Waals surface area contributed by atoms with Crippen molar-refractivity contribution in [1.82, 2.24) is 20.5 Å². The Hall–Kier alpha value is -2.51. The monoisotopic (exact) mass is 339 g/mol. The third-order valence-corrected chi connectivity index (χ3v) is 5.13. The zero-order valence-electron chi connectivity index (χ0n) is 13.2. The number of thiophene rings is 1. The molecule has 0 saturated carbocycles. The molecule has 4 heterocycles. The Labute approximate surface area is 143 Å². The number of nitrogens with zero attached hydrogens (tertiary/aromatic N) is 2. The second-order valence-electron chi connectivity index (χ2n) is 5.71. The number of nitrogens with one attached hydrogen (secondary N) is 3. The van der Waals surface area contributed by atoms with Gasteiger partial charge in [-0.1, -0.05) is 6.07 Å². The molecule has 0 aromatic carbocycles. The lowest BCUT2D eigenvalue weighted by atomic mass is 10.0. The molecule has 3 aromatic rings. The minimum absolute atomic E-state index is 0.148. The van der Waals surface area contributed by atoms with Crippen molar-refractivity contribution < 1.29 is 4.79 Å². The zero-order chi connectivity index (χ0) is 16.5. The lowest BCUT2D eigenvalue weighted by molar-refractivity contribution is 0.102. The van der Waals surface area contributed by atoms with Crippen LogP contribution in [0.1, 0.15) is 27.2 Å². The van der Waals surface area contributed by atoms with E-state index in [0.29, 0.717) is 17.9 Å². The van der Waals surface area contributed by atoms with Gasteiger partial charge in [0.25, 0.3) is 5.91 Å². The minimum Gasteiger partial charge on any atom is -0.312 e. The second-order valence-corrected chi connectivity index (χ2v) is 6.66. The summed E-state index contributed by atoms with van der Waals surface area (Å²) in [5.41, 5.74) is 4.52. The first-order valence-electron chi connectivity index (χ1n) is 7.81. The Morgan fingerprint density at radius 2 is 2.29 bits per heavy atom. The van der Waals surface area contributed by atoms with Gasteiger partial charge in [-0.3, -0.25) is 14.9 Å². The van der Waals surface area contributed by atoms with Crippen LogP contribution in [0.4, 0.5) is 5.82 Å². The molecule has 0 saturated heterocycles. The molecule has 122 valence electrons. The fraction of sp³-hybridized carbons (Fsp3) is 0.235. The topological polar surface area (TPSA) is 82.7 Å². The summed E-state index contributed by atoms with van der Waals surface area (Å²) in [7, 11) is 0. The summed E-state index contributed by atoms with van der Waals surface area (Å²) in [6, 6.07) is 5.79. The maximum absolute atomic E-state index is 12.7. The minimum atomic E-state index is -0.148. The van der Waals surface area contributed by atoms with Gasteiger partial charge < -0.3 is 10.6 Å². The number of hydrogen-bond acceptors (Lipinski definition) is 5. The van der Waals surface area contributed by atoms with Crippen LogP contribution in [0, 0.1) is 6.92 Å². The molecule has 3 aromatic heterocycles. The van der Waals surface area contributed by atoms with Gasteiger partial charge in [-0.25, -0.2) is 0 Å². The number of aromatic amines is 1. The number of carbonyl (C=O) groups is 1. The molecule has 1 aliphatic rings. The zero-order valence-corrected chi connectivity index (χ0v) is 14.0. The van der Waals surface area contributed by atoms with Gasteiger partial charge in [0.2, 0.25) is 0 Å². The molecule has 0 aliphatic carbocycles. The van der Waals surface area contributed by atoms with Crippen molar-refractivity contribution in [3.8, 4) is 10.6 Å². The van der Waals surface area contributed by atoms with Crippen molar-refractivity contribution >= 4 is 23.1 Å². The highest BCUT2D eigenvalue weighted by Gasteiger charge is 2.20. The van der Waals surface area contributed by atoms with Crippen LogP contribution in [0.15, 0.2) is 29.8 Å². The molecule has 0 fully saturated rings. The van der Waals surface area contributed by atoms with E-state index in [-0.39, 0.29) is 5.91 Å².